The maximum atomic E-state index is 2.52. The number of benzene rings is 2. The fourth-order valence-electron chi connectivity index (χ4n) is 5.67. The van der Waals surface area contributed by atoms with Crippen molar-refractivity contribution >= 4 is 19.3 Å². The van der Waals surface area contributed by atoms with E-state index in [1.165, 1.54) is 28.2 Å². The van der Waals surface area contributed by atoms with Crippen LogP contribution in [0.5, 0.6) is 0 Å². The minimum absolute atomic E-state index is 0. The van der Waals surface area contributed by atoms with Crippen LogP contribution in [0.1, 0.15) is 44.2 Å². The summed E-state index contributed by atoms with van der Waals surface area (Å²) in [4.78, 5) is 0. The van der Waals surface area contributed by atoms with Crippen molar-refractivity contribution in [3.63, 3.8) is 0 Å². The van der Waals surface area contributed by atoms with Crippen LogP contribution >= 0.6 is 0 Å². The van der Waals surface area contributed by atoms with E-state index in [0.29, 0.717) is 3.63 Å². The number of para-hydroxylation sites is 1. The van der Waals surface area contributed by atoms with E-state index in [1.54, 1.807) is 41.1 Å². The topological polar surface area (TPSA) is 4.93 Å². The van der Waals surface area contributed by atoms with E-state index in [9.17, 15) is 0 Å². The van der Waals surface area contributed by atoms with Gasteiger partial charge in [-0.25, -0.2) is 0 Å². The molecule has 3 heterocycles. The molecule has 5 heteroatoms. The van der Waals surface area contributed by atoms with Gasteiger partial charge in [0.05, 0.1) is 8.07 Å². The fraction of sp³-hybridized carbons (Fsp3) is 0.231. The first-order chi connectivity index (χ1) is 13.9. The molecule has 2 bridgehead atoms. The van der Waals surface area contributed by atoms with Crippen molar-refractivity contribution in [1.29, 1.82) is 0 Å². The molecule has 1 nitrogen and oxygen atoms in total. The zero-order chi connectivity index (χ0) is 20.3. The number of rotatable bonds is 1. The first kappa shape index (κ1) is 24.5. The first-order valence-electron chi connectivity index (χ1n) is 10.4. The minimum atomic E-state index is -1.19. The summed E-state index contributed by atoms with van der Waals surface area (Å²) < 4.78 is 3.18. The Morgan fingerprint density at radius 3 is 2.16 bits per heavy atom. The van der Waals surface area contributed by atoms with Gasteiger partial charge >= 0.3 is 75.9 Å². The van der Waals surface area contributed by atoms with Gasteiger partial charge in [0.15, 0.2) is 0 Å². The molecular formula is C26H26Cl2NSiZr. The van der Waals surface area contributed by atoms with E-state index in [0.717, 1.165) is 5.54 Å². The summed E-state index contributed by atoms with van der Waals surface area (Å²) in [6, 6.07) is 21.8. The fourth-order valence-corrected chi connectivity index (χ4v) is 10.9. The monoisotopic (exact) mass is 540 g/mol. The molecule has 0 radical (unpaired) electrons. The summed E-state index contributed by atoms with van der Waals surface area (Å²) in [6.45, 7) is 9.60. The number of nitrogens with zero attached hydrogens (tertiary/aromatic N) is 1. The molecule has 0 spiro atoms. The Kier molecular flexibility index (Phi) is 7.14. The Morgan fingerprint density at radius 1 is 0.871 bits per heavy atom. The van der Waals surface area contributed by atoms with E-state index in [-0.39, 0.29) is 24.8 Å². The van der Waals surface area contributed by atoms with Crippen molar-refractivity contribution in [1.82, 2.24) is 4.57 Å². The molecule has 4 aliphatic rings. The average molecular weight is 543 g/mol. The molecule has 157 valence electrons. The SMILES string of the molecule is CC1=C2c3c(cc(C)n3-c3ccccc3)C1[Si]2(C)C.[Cl-].[Cl-].[Zr+2][CH]1C=Cc2ccccc21. The molecular weight excluding hydrogens is 517 g/mol. The number of allylic oxidation sites excluding steroid dienone is 2. The average Bonchev–Trinajstić information content (AvgIpc) is 3.38. The van der Waals surface area contributed by atoms with E-state index in [2.05, 4.69) is 104 Å². The molecule has 1 aromatic heterocycles. The molecule has 2 atom stereocenters. The third-order valence-corrected chi connectivity index (χ3v) is 12.1. The Balaban J connectivity index is 0.000000194. The van der Waals surface area contributed by atoms with Gasteiger partial charge < -0.3 is 29.4 Å². The van der Waals surface area contributed by atoms with Crippen LogP contribution in [0.3, 0.4) is 0 Å². The van der Waals surface area contributed by atoms with Gasteiger partial charge in [-0.2, -0.15) is 0 Å². The molecule has 0 saturated carbocycles. The van der Waals surface area contributed by atoms with Crippen LogP contribution in [0.25, 0.3) is 17.0 Å². The summed E-state index contributed by atoms with van der Waals surface area (Å²) >= 11 is 1.59. The predicted octanol–water partition coefficient (Wildman–Crippen LogP) is 0.766. The molecule has 7 rings (SSSR count). The van der Waals surface area contributed by atoms with E-state index >= 15 is 0 Å². The Bertz CT molecular complexity index is 1180. The van der Waals surface area contributed by atoms with Gasteiger partial charge in [0.25, 0.3) is 0 Å². The number of aryl methyl sites for hydroxylation is 1. The molecule has 0 amide bonds. The van der Waals surface area contributed by atoms with Crippen LogP contribution in [0.4, 0.5) is 0 Å². The van der Waals surface area contributed by atoms with Gasteiger partial charge in [-0.1, -0.05) is 36.9 Å². The van der Waals surface area contributed by atoms with Crippen LogP contribution in [0.2, 0.25) is 13.1 Å². The number of hydrogen-bond acceptors (Lipinski definition) is 0. The summed E-state index contributed by atoms with van der Waals surface area (Å²) in [7, 11) is -1.19. The third-order valence-electron chi connectivity index (χ3n) is 6.77. The second-order valence-corrected chi connectivity index (χ2v) is 15.0. The van der Waals surface area contributed by atoms with Crippen molar-refractivity contribution < 1.29 is 49.5 Å². The van der Waals surface area contributed by atoms with Gasteiger partial charge in [0.1, 0.15) is 0 Å². The Hall–Kier alpha value is -1.12. The van der Waals surface area contributed by atoms with Crippen LogP contribution in [0.15, 0.2) is 72.3 Å². The summed E-state index contributed by atoms with van der Waals surface area (Å²) in [6.07, 6.45) is 4.50. The maximum absolute atomic E-state index is 2.52. The summed E-state index contributed by atoms with van der Waals surface area (Å²) in [5.41, 5.74) is 11.1. The van der Waals surface area contributed by atoms with Crippen molar-refractivity contribution in [2.45, 2.75) is 36.1 Å². The number of hydrogen-bond donors (Lipinski definition) is 0. The third kappa shape index (κ3) is 3.72. The molecule has 2 aliphatic heterocycles. The van der Waals surface area contributed by atoms with Gasteiger partial charge in [0, 0.05) is 22.6 Å². The predicted molar refractivity (Wildman–Crippen MR) is 122 cm³/mol. The van der Waals surface area contributed by atoms with Crippen LogP contribution in [-0.4, -0.2) is 12.6 Å². The molecule has 0 N–H and O–H groups in total. The van der Waals surface area contributed by atoms with Crippen LogP contribution < -0.4 is 24.8 Å². The molecule has 2 aliphatic carbocycles. The molecule has 0 fully saturated rings. The van der Waals surface area contributed by atoms with E-state index in [4.69, 9.17) is 0 Å². The standard InChI is InChI=1S/C17H19NSi.C9H7.2ClH.Zr/c1-11-10-14-15(17-12(2)16(14)19(17,3)4)18(11)13-8-6-5-7-9-13;1-2-5-9-7-3-6-8(9)4-1;;;/h5-10,16H,1-4H3;1-7H;2*1H;/q;;;;+2/p-2. The molecule has 2 aromatic carbocycles. The van der Waals surface area contributed by atoms with Crippen molar-refractivity contribution in [3.8, 4) is 5.69 Å². The van der Waals surface area contributed by atoms with Crippen LogP contribution in [-0.2, 0) is 24.7 Å². The van der Waals surface area contributed by atoms with Crippen molar-refractivity contribution in [2.75, 3.05) is 0 Å². The van der Waals surface area contributed by atoms with Crippen molar-refractivity contribution in [3.05, 3.63) is 100 Å². The molecule has 3 aromatic rings. The molecule has 0 saturated heterocycles. The van der Waals surface area contributed by atoms with Crippen molar-refractivity contribution in [2.24, 2.45) is 0 Å². The normalized spacial score (nSPS) is 20.6. The number of fused-ring (bicyclic) bond motifs is 1. The summed E-state index contributed by atoms with van der Waals surface area (Å²) in [5.74, 6) is 0. The quantitative estimate of drug-likeness (QED) is 0.401. The van der Waals surface area contributed by atoms with Gasteiger partial charge in [0.2, 0.25) is 0 Å². The van der Waals surface area contributed by atoms with Gasteiger partial charge in [-0.15, -0.1) is 0 Å². The Morgan fingerprint density at radius 2 is 1.52 bits per heavy atom. The van der Waals surface area contributed by atoms with Gasteiger partial charge in [-0.05, 0) is 42.8 Å². The second-order valence-electron chi connectivity index (χ2n) is 8.94. The second kappa shape index (κ2) is 9.02. The molecule has 31 heavy (non-hydrogen) atoms. The zero-order valence-corrected chi connectivity index (χ0v) is 23.3. The van der Waals surface area contributed by atoms with Gasteiger partial charge in [-0.3, -0.25) is 0 Å². The van der Waals surface area contributed by atoms with E-state index < -0.39 is 8.07 Å². The van der Waals surface area contributed by atoms with Crippen LogP contribution in [0, 0.1) is 6.92 Å². The number of aromatic nitrogens is 1. The number of halogens is 2. The summed E-state index contributed by atoms with van der Waals surface area (Å²) in [5, 5.41) is 1.71. The first-order valence-corrected chi connectivity index (χ1v) is 14.9. The van der Waals surface area contributed by atoms with E-state index in [1.807, 2.05) is 0 Å². The Labute approximate surface area is 214 Å². The molecule has 2 unspecified atom stereocenters. The zero-order valence-electron chi connectivity index (χ0n) is 18.3.